The first-order chi connectivity index (χ1) is 18.0. The second kappa shape index (κ2) is 12.3. The Labute approximate surface area is 225 Å². The van der Waals surface area contributed by atoms with Crippen molar-refractivity contribution in [2.75, 3.05) is 11.1 Å². The Hall–Kier alpha value is -3.99. The standard InChI is InChI=1S/C29H25ClN4O2S/c1-19-26(28(36)34-21-12-6-3-7-13-21)27(22-14-8-9-15-24(22)30)23(16-31)29(33-19)37-18-25(35)32-17-20-10-4-2-5-11-20/h2-15,27,33H,17-18H2,1H3,(H,32,35)(H,34,36)/t27-/m0/s1. The van der Waals surface area contributed by atoms with Gasteiger partial charge in [-0.3, -0.25) is 9.59 Å². The Morgan fingerprint density at radius 3 is 2.32 bits per heavy atom. The Bertz CT molecular complexity index is 1400. The molecule has 0 saturated heterocycles. The second-order valence-electron chi connectivity index (χ2n) is 8.34. The lowest BCUT2D eigenvalue weighted by molar-refractivity contribution is -0.118. The van der Waals surface area contributed by atoms with Gasteiger partial charge in [-0.05, 0) is 36.2 Å². The molecule has 1 aliphatic heterocycles. The molecule has 0 fully saturated rings. The Morgan fingerprint density at radius 2 is 1.65 bits per heavy atom. The van der Waals surface area contributed by atoms with Gasteiger partial charge in [0, 0.05) is 28.5 Å². The molecule has 1 heterocycles. The Balaban J connectivity index is 1.60. The molecule has 0 unspecified atom stereocenters. The summed E-state index contributed by atoms with van der Waals surface area (Å²) in [5, 5.41) is 20.2. The number of rotatable bonds is 8. The van der Waals surface area contributed by atoms with Crippen LogP contribution in [0.4, 0.5) is 5.69 Å². The summed E-state index contributed by atoms with van der Waals surface area (Å²) in [6.45, 7) is 2.21. The molecule has 0 radical (unpaired) electrons. The molecule has 0 aromatic heterocycles. The van der Waals surface area contributed by atoms with Crippen LogP contribution in [0.3, 0.4) is 0 Å². The Kier molecular flexibility index (Phi) is 8.68. The van der Waals surface area contributed by atoms with Crippen molar-refractivity contribution in [3.8, 4) is 6.07 Å². The molecule has 2 amide bonds. The molecule has 37 heavy (non-hydrogen) atoms. The summed E-state index contributed by atoms with van der Waals surface area (Å²) in [5.41, 5.74) is 3.60. The van der Waals surface area contributed by atoms with Crippen LogP contribution in [0.15, 0.2) is 107 Å². The lowest BCUT2D eigenvalue weighted by Crippen LogP contribution is -2.31. The molecule has 3 aromatic carbocycles. The lowest BCUT2D eigenvalue weighted by atomic mass is 9.82. The maximum absolute atomic E-state index is 13.5. The molecule has 1 aliphatic rings. The number of hydrogen-bond acceptors (Lipinski definition) is 5. The minimum atomic E-state index is -0.696. The van der Waals surface area contributed by atoms with Crippen molar-refractivity contribution in [3.63, 3.8) is 0 Å². The molecule has 1 atom stereocenters. The highest BCUT2D eigenvalue weighted by molar-refractivity contribution is 8.03. The van der Waals surface area contributed by atoms with E-state index in [9.17, 15) is 14.9 Å². The summed E-state index contributed by atoms with van der Waals surface area (Å²) < 4.78 is 0. The van der Waals surface area contributed by atoms with Gasteiger partial charge < -0.3 is 16.0 Å². The van der Waals surface area contributed by atoms with Gasteiger partial charge in [-0.25, -0.2) is 0 Å². The average Bonchev–Trinajstić information content (AvgIpc) is 2.91. The number of thioether (sulfide) groups is 1. The largest absolute Gasteiger partial charge is 0.353 e. The second-order valence-corrected chi connectivity index (χ2v) is 9.74. The smallest absolute Gasteiger partial charge is 0.254 e. The number of allylic oxidation sites excluding steroid dienone is 2. The van der Waals surface area contributed by atoms with Crippen LogP contribution in [0.2, 0.25) is 5.02 Å². The first-order valence-electron chi connectivity index (χ1n) is 11.6. The number of carbonyl (C=O) groups is 2. The van der Waals surface area contributed by atoms with E-state index < -0.39 is 5.92 Å². The lowest BCUT2D eigenvalue weighted by Gasteiger charge is -2.30. The van der Waals surface area contributed by atoms with Gasteiger partial charge in [-0.2, -0.15) is 5.26 Å². The minimum Gasteiger partial charge on any atom is -0.353 e. The van der Waals surface area contributed by atoms with E-state index >= 15 is 0 Å². The molecule has 0 saturated carbocycles. The number of benzene rings is 3. The van der Waals surface area contributed by atoms with E-state index in [0.29, 0.717) is 44.7 Å². The van der Waals surface area contributed by atoms with Crippen LogP contribution in [0.5, 0.6) is 0 Å². The average molecular weight is 529 g/mol. The van der Waals surface area contributed by atoms with E-state index in [0.717, 1.165) is 5.56 Å². The number of nitriles is 1. The number of carbonyl (C=O) groups excluding carboxylic acids is 2. The van der Waals surface area contributed by atoms with E-state index in [1.807, 2.05) is 60.7 Å². The number of nitrogens with zero attached hydrogens (tertiary/aromatic N) is 1. The van der Waals surface area contributed by atoms with Crippen LogP contribution >= 0.6 is 23.4 Å². The van der Waals surface area contributed by atoms with Crippen molar-refractivity contribution in [1.82, 2.24) is 10.6 Å². The predicted octanol–water partition coefficient (Wildman–Crippen LogP) is 5.72. The SMILES string of the molecule is CC1=C(C(=O)Nc2ccccc2)[C@@H](c2ccccc2Cl)C(C#N)=C(SCC(=O)NCc2ccccc2)N1. The van der Waals surface area contributed by atoms with Gasteiger partial charge in [-0.15, -0.1) is 0 Å². The summed E-state index contributed by atoms with van der Waals surface area (Å²) in [7, 11) is 0. The van der Waals surface area contributed by atoms with Crippen molar-refractivity contribution in [2.45, 2.75) is 19.4 Å². The third-order valence-electron chi connectivity index (χ3n) is 5.82. The maximum atomic E-state index is 13.5. The van der Waals surface area contributed by atoms with Crippen molar-refractivity contribution in [1.29, 1.82) is 5.26 Å². The highest BCUT2D eigenvalue weighted by Crippen LogP contribution is 2.43. The van der Waals surface area contributed by atoms with E-state index in [4.69, 9.17) is 11.6 Å². The molecule has 3 aromatic rings. The molecule has 8 heteroatoms. The first-order valence-corrected chi connectivity index (χ1v) is 13.0. The quantitative estimate of drug-likeness (QED) is 0.347. The van der Waals surface area contributed by atoms with Crippen LogP contribution in [0.25, 0.3) is 0 Å². The van der Waals surface area contributed by atoms with Crippen LogP contribution in [-0.4, -0.2) is 17.6 Å². The van der Waals surface area contributed by atoms with Gasteiger partial charge in [0.15, 0.2) is 0 Å². The van der Waals surface area contributed by atoms with E-state index in [1.54, 1.807) is 31.2 Å². The number of nitrogens with one attached hydrogen (secondary N) is 3. The molecule has 3 N–H and O–H groups in total. The van der Waals surface area contributed by atoms with E-state index in [1.165, 1.54) is 11.8 Å². The van der Waals surface area contributed by atoms with E-state index in [2.05, 4.69) is 22.0 Å². The summed E-state index contributed by atoms with van der Waals surface area (Å²) in [6, 6.07) is 28.2. The van der Waals surface area contributed by atoms with Crippen molar-refractivity contribution < 1.29 is 9.59 Å². The number of anilines is 1. The van der Waals surface area contributed by atoms with Crippen molar-refractivity contribution in [2.24, 2.45) is 0 Å². The first kappa shape index (κ1) is 26.1. The topological polar surface area (TPSA) is 94.0 Å². The maximum Gasteiger partial charge on any atom is 0.254 e. The zero-order chi connectivity index (χ0) is 26.2. The molecular formula is C29H25ClN4O2S. The van der Waals surface area contributed by atoms with Crippen molar-refractivity contribution >= 4 is 40.9 Å². The van der Waals surface area contributed by atoms with Crippen molar-refractivity contribution in [3.05, 3.63) is 123 Å². The normalized spacial score (nSPS) is 15.0. The van der Waals surface area contributed by atoms with Gasteiger partial charge in [-0.1, -0.05) is 90.1 Å². The molecule has 0 bridgehead atoms. The summed E-state index contributed by atoms with van der Waals surface area (Å²) in [5.74, 6) is -1.09. The number of para-hydroxylation sites is 1. The highest BCUT2D eigenvalue weighted by atomic mass is 35.5. The fourth-order valence-electron chi connectivity index (χ4n) is 4.05. The summed E-state index contributed by atoms with van der Waals surface area (Å²) >= 11 is 7.78. The molecule has 186 valence electrons. The van der Waals surface area contributed by atoms with Crippen LogP contribution in [-0.2, 0) is 16.1 Å². The van der Waals surface area contributed by atoms with E-state index in [-0.39, 0.29) is 17.6 Å². The number of hydrogen-bond donors (Lipinski definition) is 3. The summed E-state index contributed by atoms with van der Waals surface area (Å²) in [6.07, 6.45) is 0. The number of halogens is 1. The fourth-order valence-corrected chi connectivity index (χ4v) is 5.22. The predicted molar refractivity (Wildman–Crippen MR) is 148 cm³/mol. The van der Waals surface area contributed by atoms with Gasteiger partial charge >= 0.3 is 0 Å². The number of dihydropyridines is 1. The number of amides is 2. The minimum absolute atomic E-state index is 0.106. The molecule has 0 spiro atoms. The molecule has 4 rings (SSSR count). The van der Waals surface area contributed by atoms with Gasteiger partial charge in [0.05, 0.1) is 28.3 Å². The van der Waals surface area contributed by atoms with Crippen LogP contribution < -0.4 is 16.0 Å². The monoisotopic (exact) mass is 528 g/mol. The summed E-state index contributed by atoms with van der Waals surface area (Å²) in [4.78, 5) is 26.0. The van der Waals surface area contributed by atoms with Gasteiger partial charge in [0.25, 0.3) is 5.91 Å². The third kappa shape index (κ3) is 6.42. The molecular weight excluding hydrogens is 504 g/mol. The van der Waals surface area contributed by atoms with Gasteiger partial charge in [0.1, 0.15) is 0 Å². The van der Waals surface area contributed by atoms with Gasteiger partial charge in [0.2, 0.25) is 5.91 Å². The molecule has 6 nitrogen and oxygen atoms in total. The molecule has 0 aliphatic carbocycles. The van der Waals surface area contributed by atoms with Crippen LogP contribution in [0, 0.1) is 11.3 Å². The Morgan fingerprint density at radius 1 is 1.00 bits per heavy atom. The van der Waals surface area contributed by atoms with Crippen LogP contribution in [0.1, 0.15) is 24.0 Å². The highest BCUT2D eigenvalue weighted by Gasteiger charge is 2.35. The third-order valence-corrected chi connectivity index (χ3v) is 7.18. The zero-order valence-electron chi connectivity index (χ0n) is 20.1. The fraction of sp³-hybridized carbons (Fsp3) is 0.138. The zero-order valence-corrected chi connectivity index (χ0v) is 21.7.